The number of pyridine rings is 1. The topological polar surface area (TPSA) is 77.0 Å². The second kappa shape index (κ2) is 9.83. The molecule has 6 nitrogen and oxygen atoms in total. The number of carbonyl (C=O) groups is 1. The summed E-state index contributed by atoms with van der Waals surface area (Å²) in [7, 11) is 0. The van der Waals surface area contributed by atoms with Crippen LogP contribution in [0.25, 0.3) is 11.1 Å². The predicted octanol–water partition coefficient (Wildman–Crippen LogP) is 6.29. The molecule has 10 heteroatoms. The Morgan fingerprint density at radius 2 is 1.69 bits per heavy atom. The van der Waals surface area contributed by atoms with Gasteiger partial charge in [0, 0.05) is 48.5 Å². The van der Waals surface area contributed by atoms with Crippen LogP contribution in [0.15, 0.2) is 42.9 Å². The molecule has 1 amide bonds. The lowest BCUT2D eigenvalue weighted by molar-refractivity contribution is -0.0384. The SMILES string of the molecule is O=C(Nc1c(-c2cc(F)ccc2F)ccnc1C1CCC(F)(F)CC1)c1cnc(OC2CCC2)nc1. The summed E-state index contributed by atoms with van der Waals surface area (Å²) in [5.41, 5.74) is 0.749. The number of ether oxygens (including phenoxy) is 1. The van der Waals surface area contributed by atoms with E-state index in [1.165, 1.54) is 24.7 Å². The van der Waals surface area contributed by atoms with E-state index >= 15 is 0 Å². The van der Waals surface area contributed by atoms with Gasteiger partial charge in [-0.05, 0) is 56.4 Å². The van der Waals surface area contributed by atoms with Crippen LogP contribution < -0.4 is 10.1 Å². The smallest absolute Gasteiger partial charge is 0.316 e. The number of halogens is 4. The molecule has 2 heterocycles. The third kappa shape index (κ3) is 5.17. The Bertz CT molecular complexity index is 1260. The molecular weight excluding hydrogens is 476 g/mol. The second-order valence-electron chi connectivity index (χ2n) is 9.25. The number of rotatable bonds is 6. The van der Waals surface area contributed by atoms with Gasteiger partial charge < -0.3 is 10.1 Å². The van der Waals surface area contributed by atoms with Crippen molar-refractivity contribution in [2.75, 3.05) is 5.32 Å². The van der Waals surface area contributed by atoms with E-state index in [0.717, 1.165) is 37.5 Å². The van der Waals surface area contributed by atoms with Crippen molar-refractivity contribution >= 4 is 11.6 Å². The molecule has 2 saturated carbocycles. The Labute approximate surface area is 205 Å². The molecule has 2 fully saturated rings. The number of hydrogen-bond donors (Lipinski definition) is 1. The highest BCUT2D eigenvalue weighted by molar-refractivity contribution is 6.06. The molecule has 1 N–H and O–H groups in total. The molecule has 2 aromatic heterocycles. The maximum absolute atomic E-state index is 14.7. The zero-order valence-corrected chi connectivity index (χ0v) is 19.3. The van der Waals surface area contributed by atoms with Crippen molar-refractivity contribution in [3.05, 3.63) is 65.7 Å². The summed E-state index contributed by atoms with van der Waals surface area (Å²) in [6.07, 6.45) is 6.73. The summed E-state index contributed by atoms with van der Waals surface area (Å²) >= 11 is 0. The van der Waals surface area contributed by atoms with Gasteiger partial charge in [-0.2, -0.15) is 0 Å². The van der Waals surface area contributed by atoms with Gasteiger partial charge in [0.1, 0.15) is 17.7 Å². The first-order valence-corrected chi connectivity index (χ1v) is 11.9. The van der Waals surface area contributed by atoms with E-state index in [1.807, 2.05) is 0 Å². The Morgan fingerprint density at radius 1 is 0.972 bits per heavy atom. The summed E-state index contributed by atoms with van der Waals surface area (Å²) in [5.74, 6) is -5.09. The standard InChI is InChI=1S/C26H24F4N4O2/c27-17-4-5-21(28)20(12-17)19-8-11-31-22(15-6-9-26(29,30)10-7-15)23(19)34-24(35)16-13-32-25(33-14-16)36-18-2-1-3-18/h4-5,8,11-15,18H,1-3,6-7,9-10H2,(H,34,35). The van der Waals surface area contributed by atoms with Crippen LogP contribution in [-0.2, 0) is 0 Å². The fourth-order valence-corrected chi connectivity index (χ4v) is 4.48. The van der Waals surface area contributed by atoms with Gasteiger partial charge >= 0.3 is 6.01 Å². The Morgan fingerprint density at radius 3 is 2.36 bits per heavy atom. The average molecular weight is 500 g/mol. The number of nitrogens with zero attached hydrogens (tertiary/aromatic N) is 3. The minimum Gasteiger partial charge on any atom is -0.460 e. The highest BCUT2D eigenvalue weighted by Crippen LogP contribution is 2.44. The first-order valence-electron chi connectivity index (χ1n) is 11.9. The lowest BCUT2D eigenvalue weighted by atomic mass is 9.83. The van der Waals surface area contributed by atoms with E-state index in [2.05, 4.69) is 20.3 Å². The monoisotopic (exact) mass is 500 g/mol. The van der Waals surface area contributed by atoms with Gasteiger partial charge in [-0.3, -0.25) is 9.78 Å². The van der Waals surface area contributed by atoms with Gasteiger partial charge in [0.15, 0.2) is 0 Å². The van der Waals surface area contributed by atoms with Crippen LogP contribution >= 0.6 is 0 Å². The number of amides is 1. The third-order valence-corrected chi connectivity index (χ3v) is 6.76. The molecule has 0 atom stereocenters. The summed E-state index contributed by atoms with van der Waals surface area (Å²) in [6, 6.07) is 4.64. The third-order valence-electron chi connectivity index (χ3n) is 6.76. The van der Waals surface area contributed by atoms with Crippen molar-refractivity contribution in [3.63, 3.8) is 0 Å². The molecule has 2 aliphatic rings. The molecular formula is C26H24F4N4O2. The largest absolute Gasteiger partial charge is 0.460 e. The van der Waals surface area contributed by atoms with Crippen molar-refractivity contribution < 1.29 is 27.1 Å². The van der Waals surface area contributed by atoms with E-state index in [4.69, 9.17) is 4.74 Å². The lowest BCUT2D eigenvalue weighted by Crippen LogP contribution is -2.26. The maximum Gasteiger partial charge on any atom is 0.316 e. The number of aromatic nitrogens is 3. The number of anilines is 1. The van der Waals surface area contributed by atoms with Crippen molar-refractivity contribution in [1.29, 1.82) is 0 Å². The van der Waals surface area contributed by atoms with Crippen LogP contribution in [0, 0.1) is 11.6 Å². The molecule has 36 heavy (non-hydrogen) atoms. The summed E-state index contributed by atoms with van der Waals surface area (Å²) in [5, 5.41) is 2.74. The fourth-order valence-electron chi connectivity index (χ4n) is 4.48. The molecule has 0 aliphatic heterocycles. The minimum atomic E-state index is -2.76. The maximum atomic E-state index is 14.7. The van der Waals surface area contributed by atoms with Gasteiger partial charge in [0.2, 0.25) is 5.92 Å². The molecule has 3 aromatic rings. The van der Waals surface area contributed by atoms with Crippen LogP contribution in [0.3, 0.4) is 0 Å². The summed E-state index contributed by atoms with van der Waals surface area (Å²) in [4.78, 5) is 25.7. The van der Waals surface area contributed by atoms with Crippen molar-refractivity contribution in [2.24, 2.45) is 0 Å². The van der Waals surface area contributed by atoms with Gasteiger partial charge in [-0.1, -0.05) is 0 Å². The summed E-state index contributed by atoms with van der Waals surface area (Å²) in [6.45, 7) is 0. The van der Waals surface area contributed by atoms with Gasteiger partial charge in [-0.15, -0.1) is 0 Å². The van der Waals surface area contributed by atoms with Crippen molar-refractivity contribution in [3.8, 4) is 17.1 Å². The highest BCUT2D eigenvalue weighted by Gasteiger charge is 2.37. The first kappa shape index (κ1) is 24.1. The normalized spacial score (nSPS) is 17.9. The molecule has 5 rings (SSSR count). The van der Waals surface area contributed by atoms with Gasteiger partial charge in [-0.25, -0.2) is 27.5 Å². The highest BCUT2D eigenvalue weighted by atomic mass is 19.3. The zero-order valence-electron chi connectivity index (χ0n) is 19.3. The average Bonchev–Trinajstić information content (AvgIpc) is 2.84. The predicted molar refractivity (Wildman–Crippen MR) is 124 cm³/mol. The van der Waals surface area contributed by atoms with Crippen LogP contribution in [0.2, 0.25) is 0 Å². The van der Waals surface area contributed by atoms with Crippen LogP contribution in [0.4, 0.5) is 23.2 Å². The molecule has 0 spiro atoms. The van der Waals surface area contributed by atoms with Gasteiger partial charge in [0.05, 0.1) is 16.9 Å². The van der Waals surface area contributed by atoms with E-state index in [9.17, 15) is 22.4 Å². The van der Waals surface area contributed by atoms with Crippen LogP contribution in [0.1, 0.15) is 66.9 Å². The molecule has 188 valence electrons. The number of alkyl halides is 2. The molecule has 0 saturated heterocycles. The Balaban J connectivity index is 1.48. The van der Waals surface area contributed by atoms with Crippen molar-refractivity contribution in [1.82, 2.24) is 15.0 Å². The first-order chi connectivity index (χ1) is 17.3. The quantitative estimate of drug-likeness (QED) is 0.403. The minimum absolute atomic E-state index is 0.0735. The molecule has 0 bridgehead atoms. The number of carbonyl (C=O) groups excluding carboxylic acids is 1. The van der Waals surface area contributed by atoms with Gasteiger partial charge in [0.25, 0.3) is 5.91 Å². The lowest BCUT2D eigenvalue weighted by Gasteiger charge is -2.29. The Kier molecular flexibility index (Phi) is 6.59. The fraction of sp³-hybridized carbons (Fsp3) is 0.385. The molecule has 2 aliphatic carbocycles. The number of hydrogen-bond acceptors (Lipinski definition) is 5. The second-order valence-corrected chi connectivity index (χ2v) is 9.25. The molecule has 0 unspecified atom stereocenters. The zero-order chi connectivity index (χ0) is 25.3. The van der Waals surface area contributed by atoms with E-state index in [-0.39, 0.29) is 66.1 Å². The molecule has 0 radical (unpaired) electrons. The van der Waals surface area contributed by atoms with E-state index < -0.39 is 23.5 Å². The number of benzene rings is 1. The van der Waals surface area contributed by atoms with E-state index in [1.54, 1.807) is 0 Å². The van der Waals surface area contributed by atoms with Crippen LogP contribution in [0.5, 0.6) is 6.01 Å². The van der Waals surface area contributed by atoms with Crippen LogP contribution in [-0.4, -0.2) is 32.9 Å². The summed E-state index contributed by atoms with van der Waals surface area (Å²) < 4.78 is 61.9. The Hall–Kier alpha value is -3.56. The van der Waals surface area contributed by atoms with E-state index in [0.29, 0.717) is 5.69 Å². The van der Waals surface area contributed by atoms with Crippen molar-refractivity contribution in [2.45, 2.75) is 62.9 Å². The number of nitrogens with one attached hydrogen (secondary N) is 1. The molecule has 1 aromatic carbocycles.